The van der Waals surface area contributed by atoms with Crippen LogP contribution in [0.25, 0.3) is 0 Å². The van der Waals surface area contributed by atoms with Crippen molar-refractivity contribution in [1.29, 1.82) is 0 Å². The highest BCUT2D eigenvalue weighted by Crippen LogP contribution is 2.22. The second kappa shape index (κ2) is 8.81. The van der Waals surface area contributed by atoms with Crippen LogP contribution in [0.2, 0.25) is 0 Å². The molecule has 0 saturated heterocycles. The number of hydrogen-bond donors (Lipinski definition) is 2. The molecule has 0 fully saturated rings. The second-order valence-corrected chi connectivity index (χ2v) is 10.6. The molecule has 2 rings (SSSR count). The summed E-state index contributed by atoms with van der Waals surface area (Å²) in [4.78, 5) is 23.4. The van der Waals surface area contributed by atoms with E-state index in [-0.39, 0.29) is 16.1 Å². The van der Waals surface area contributed by atoms with E-state index in [9.17, 15) is 26.4 Å². The SMILES string of the molecule is CN(C)S(=O)(=O)c1ccc(N(CC(=O)Nc2ccc(C(N)=O)cc2)S(C)(=O)=O)cc1. The van der Waals surface area contributed by atoms with Crippen molar-refractivity contribution in [2.45, 2.75) is 4.90 Å². The molecule has 0 aliphatic carbocycles. The van der Waals surface area contributed by atoms with Crippen molar-refractivity contribution in [1.82, 2.24) is 4.31 Å². The zero-order valence-corrected chi connectivity index (χ0v) is 18.2. The lowest BCUT2D eigenvalue weighted by Gasteiger charge is -2.22. The largest absolute Gasteiger partial charge is 0.366 e. The van der Waals surface area contributed by atoms with E-state index in [0.717, 1.165) is 14.9 Å². The Kier molecular flexibility index (Phi) is 6.85. The van der Waals surface area contributed by atoms with Gasteiger partial charge in [-0.15, -0.1) is 0 Å². The van der Waals surface area contributed by atoms with E-state index in [2.05, 4.69) is 5.32 Å². The maximum atomic E-state index is 12.4. The molecule has 0 spiro atoms. The first-order valence-electron chi connectivity index (χ1n) is 8.52. The second-order valence-electron chi connectivity index (χ2n) is 6.54. The lowest BCUT2D eigenvalue weighted by atomic mass is 10.2. The first-order valence-corrected chi connectivity index (χ1v) is 11.8. The molecule has 0 radical (unpaired) electrons. The molecule has 2 amide bonds. The van der Waals surface area contributed by atoms with E-state index in [1.54, 1.807) is 0 Å². The number of nitrogens with two attached hydrogens (primary N) is 1. The summed E-state index contributed by atoms with van der Waals surface area (Å²) < 4.78 is 50.6. The number of rotatable bonds is 8. The highest BCUT2D eigenvalue weighted by atomic mass is 32.2. The fourth-order valence-electron chi connectivity index (χ4n) is 2.44. The Morgan fingerprint density at radius 1 is 0.933 bits per heavy atom. The van der Waals surface area contributed by atoms with E-state index in [4.69, 9.17) is 5.73 Å². The molecule has 162 valence electrons. The molecule has 2 aromatic carbocycles. The van der Waals surface area contributed by atoms with Gasteiger partial charge < -0.3 is 11.1 Å². The van der Waals surface area contributed by atoms with Gasteiger partial charge in [-0.3, -0.25) is 13.9 Å². The van der Waals surface area contributed by atoms with Crippen molar-refractivity contribution in [3.05, 3.63) is 54.1 Å². The van der Waals surface area contributed by atoms with Crippen LogP contribution in [0, 0.1) is 0 Å². The molecule has 0 aliphatic rings. The van der Waals surface area contributed by atoms with Crippen LogP contribution < -0.4 is 15.4 Å². The highest BCUT2D eigenvalue weighted by Gasteiger charge is 2.23. The Morgan fingerprint density at radius 3 is 1.90 bits per heavy atom. The number of primary amides is 1. The number of sulfonamides is 2. The van der Waals surface area contributed by atoms with Crippen LogP contribution in [0.15, 0.2) is 53.4 Å². The number of carbonyl (C=O) groups is 2. The summed E-state index contributed by atoms with van der Waals surface area (Å²) in [5.41, 5.74) is 5.91. The lowest BCUT2D eigenvalue weighted by Crippen LogP contribution is -2.37. The van der Waals surface area contributed by atoms with Gasteiger partial charge in [0.25, 0.3) is 0 Å². The molecular weight excluding hydrogens is 432 g/mol. The summed E-state index contributed by atoms with van der Waals surface area (Å²) >= 11 is 0. The van der Waals surface area contributed by atoms with Crippen molar-refractivity contribution in [2.75, 3.05) is 36.5 Å². The maximum absolute atomic E-state index is 12.4. The molecule has 10 nitrogen and oxygen atoms in total. The fourth-order valence-corrected chi connectivity index (χ4v) is 4.20. The maximum Gasteiger partial charge on any atom is 0.248 e. The number of nitrogens with one attached hydrogen (secondary N) is 1. The van der Waals surface area contributed by atoms with Gasteiger partial charge in [0, 0.05) is 25.3 Å². The average Bonchev–Trinajstić information content (AvgIpc) is 2.65. The van der Waals surface area contributed by atoms with Gasteiger partial charge in [0.05, 0.1) is 16.8 Å². The number of amides is 2. The molecule has 0 aromatic heterocycles. The summed E-state index contributed by atoms with van der Waals surface area (Å²) in [6, 6.07) is 10.9. The van der Waals surface area contributed by atoms with Crippen molar-refractivity contribution in [3.8, 4) is 0 Å². The van der Waals surface area contributed by atoms with E-state index in [1.165, 1.54) is 62.6 Å². The van der Waals surface area contributed by atoms with Crippen molar-refractivity contribution in [2.24, 2.45) is 5.73 Å². The molecule has 0 aliphatic heterocycles. The molecule has 30 heavy (non-hydrogen) atoms. The van der Waals surface area contributed by atoms with Gasteiger partial charge in [0.2, 0.25) is 31.9 Å². The van der Waals surface area contributed by atoms with Crippen LogP contribution >= 0.6 is 0 Å². The third-order valence-corrected chi connectivity index (χ3v) is 7.01. The monoisotopic (exact) mass is 454 g/mol. The van der Waals surface area contributed by atoms with Crippen LogP contribution in [0.4, 0.5) is 11.4 Å². The molecule has 3 N–H and O–H groups in total. The molecule has 0 atom stereocenters. The van der Waals surface area contributed by atoms with Crippen LogP contribution in [-0.2, 0) is 24.8 Å². The van der Waals surface area contributed by atoms with E-state index < -0.39 is 38.4 Å². The number of anilines is 2. The van der Waals surface area contributed by atoms with Gasteiger partial charge in [0.15, 0.2) is 0 Å². The van der Waals surface area contributed by atoms with Gasteiger partial charge in [-0.2, -0.15) is 0 Å². The minimum absolute atomic E-state index is 0.0105. The fraction of sp³-hybridized carbons (Fsp3) is 0.222. The molecule has 0 unspecified atom stereocenters. The third kappa shape index (κ3) is 5.55. The van der Waals surface area contributed by atoms with E-state index in [1.807, 2.05) is 0 Å². The zero-order chi connectivity index (χ0) is 22.7. The standard InChI is InChI=1S/C18H22N4O6S2/c1-21(2)30(27,28)16-10-8-15(9-11-16)22(29(3,25)26)12-17(23)20-14-6-4-13(5-7-14)18(19)24/h4-11H,12H2,1-3H3,(H2,19,24)(H,20,23). The smallest absolute Gasteiger partial charge is 0.248 e. The lowest BCUT2D eigenvalue weighted by molar-refractivity contribution is -0.114. The van der Waals surface area contributed by atoms with Gasteiger partial charge in [-0.05, 0) is 48.5 Å². The molecule has 2 aromatic rings. The Balaban J connectivity index is 2.22. The number of nitrogens with zero attached hydrogens (tertiary/aromatic N) is 2. The van der Waals surface area contributed by atoms with Crippen LogP contribution in [0.5, 0.6) is 0 Å². The van der Waals surface area contributed by atoms with Crippen LogP contribution in [0.1, 0.15) is 10.4 Å². The molecule has 12 heteroatoms. The summed E-state index contributed by atoms with van der Waals surface area (Å²) in [7, 11) is -4.75. The van der Waals surface area contributed by atoms with Crippen molar-refractivity contribution < 1.29 is 26.4 Å². The topological polar surface area (TPSA) is 147 Å². The minimum atomic E-state index is -3.84. The number of hydrogen-bond acceptors (Lipinski definition) is 6. The van der Waals surface area contributed by atoms with E-state index in [0.29, 0.717) is 5.69 Å². The van der Waals surface area contributed by atoms with Crippen molar-refractivity contribution in [3.63, 3.8) is 0 Å². The predicted octanol–water partition coefficient (Wildman–Crippen LogP) is 0.441. The third-order valence-electron chi connectivity index (χ3n) is 4.04. The normalized spacial score (nSPS) is 11.9. The number of carbonyl (C=O) groups excluding carboxylic acids is 2. The van der Waals surface area contributed by atoms with Crippen LogP contribution in [0.3, 0.4) is 0 Å². The summed E-state index contributed by atoms with van der Waals surface area (Å²) in [5.74, 6) is -1.24. The Labute approximate surface area is 175 Å². The van der Waals surface area contributed by atoms with Gasteiger partial charge in [0.1, 0.15) is 6.54 Å². The van der Waals surface area contributed by atoms with Gasteiger partial charge in [-0.1, -0.05) is 0 Å². The van der Waals surface area contributed by atoms with Gasteiger partial charge in [-0.25, -0.2) is 21.1 Å². The first-order chi connectivity index (χ1) is 13.8. The average molecular weight is 455 g/mol. The highest BCUT2D eigenvalue weighted by molar-refractivity contribution is 7.92. The summed E-state index contributed by atoms with van der Waals surface area (Å²) in [6.07, 6.45) is 0.937. The Bertz CT molecular complexity index is 1140. The summed E-state index contributed by atoms with van der Waals surface area (Å²) in [6.45, 7) is -0.532. The zero-order valence-electron chi connectivity index (χ0n) is 16.6. The number of benzene rings is 2. The summed E-state index contributed by atoms with van der Waals surface area (Å²) in [5, 5.41) is 2.53. The van der Waals surface area contributed by atoms with Crippen molar-refractivity contribution >= 4 is 43.2 Å². The Morgan fingerprint density at radius 2 is 1.47 bits per heavy atom. The molecular formula is C18H22N4O6S2. The van der Waals surface area contributed by atoms with Gasteiger partial charge >= 0.3 is 0 Å². The molecule has 0 heterocycles. The first kappa shape index (κ1) is 23.3. The predicted molar refractivity (Wildman–Crippen MR) is 113 cm³/mol. The Hall–Kier alpha value is -2.96. The van der Waals surface area contributed by atoms with E-state index >= 15 is 0 Å². The molecule has 0 saturated carbocycles. The quantitative estimate of drug-likeness (QED) is 0.592. The molecule has 0 bridgehead atoms. The minimum Gasteiger partial charge on any atom is -0.366 e. The van der Waals surface area contributed by atoms with Crippen LogP contribution in [-0.4, -0.2) is 59.9 Å².